The number of alkyl halides is 1. The maximum atomic E-state index is 6.65. The van der Waals surface area contributed by atoms with Crippen molar-refractivity contribution >= 4 is 22.4 Å². The summed E-state index contributed by atoms with van der Waals surface area (Å²) in [4.78, 5) is 0. The summed E-state index contributed by atoms with van der Waals surface area (Å²) in [6, 6.07) is 15.2. The Labute approximate surface area is 127 Å². The molecule has 3 rings (SSSR count). The highest BCUT2D eigenvalue weighted by Gasteiger charge is 2.18. The van der Waals surface area contributed by atoms with Crippen LogP contribution in [0.25, 0.3) is 10.8 Å². The first-order valence-corrected chi connectivity index (χ1v) is 8.37. The average Bonchev–Trinajstić information content (AvgIpc) is 2.48. The van der Waals surface area contributed by atoms with Gasteiger partial charge in [0.15, 0.2) is 0 Å². The van der Waals surface area contributed by atoms with Gasteiger partial charge >= 0.3 is 0 Å². The summed E-state index contributed by atoms with van der Waals surface area (Å²) in [5.74, 6) is 0.862. The monoisotopic (exact) mass is 286 g/mol. The highest BCUT2D eigenvalue weighted by molar-refractivity contribution is 6.20. The van der Waals surface area contributed by atoms with Gasteiger partial charge in [-0.25, -0.2) is 0 Å². The molecular weight excluding hydrogens is 264 g/mol. The van der Waals surface area contributed by atoms with Crippen molar-refractivity contribution in [2.45, 2.75) is 50.3 Å². The molecule has 0 saturated heterocycles. The molecule has 0 amide bonds. The van der Waals surface area contributed by atoms with Gasteiger partial charge in [0.25, 0.3) is 0 Å². The van der Waals surface area contributed by atoms with Crippen molar-refractivity contribution in [3.63, 3.8) is 0 Å². The molecule has 2 aromatic rings. The number of hydrogen-bond donors (Lipinski definition) is 0. The fraction of sp³-hybridized carbons (Fsp3) is 0.474. The Morgan fingerprint density at radius 2 is 1.70 bits per heavy atom. The van der Waals surface area contributed by atoms with Crippen LogP contribution in [0.2, 0.25) is 0 Å². The summed E-state index contributed by atoms with van der Waals surface area (Å²) >= 11 is 6.65. The van der Waals surface area contributed by atoms with Crippen LogP contribution in [0.3, 0.4) is 0 Å². The van der Waals surface area contributed by atoms with E-state index in [1.165, 1.54) is 54.9 Å². The van der Waals surface area contributed by atoms with Crippen LogP contribution in [0.1, 0.15) is 44.1 Å². The molecule has 0 bridgehead atoms. The van der Waals surface area contributed by atoms with Crippen LogP contribution in [0.15, 0.2) is 42.5 Å². The molecule has 1 atom stereocenters. The first-order chi connectivity index (χ1) is 9.83. The molecule has 1 saturated carbocycles. The molecule has 0 aliphatic heterocycles. The molecule has 1 heteroatoms. The highest BCUT2D eigenvalue weighted by atomic mass is 35.5. The lowest BCUT2D eigenvalue weighted by atomic mass is 9.85. The molecule has 0 spiro atoms. The van der Waals surface area contributed by atoms with Gasteiger partial charge in [-0.2, -0.15) is 0 Å². The van der Waals surface area contributed by atoms with Crippen molar-refractivity contribution in [2.75, 3.05) is 0 Å². The molecule has 1 aliphatic rings. The first kappa shape index (κ1) is 13.9. The van der Waals surface area contributed by atoms with Crippen LogP contribution in [0.5, 0.6) is 0 Å². The molecule has 1 fully saturated rings. The third-order valence-corrected chi connectivity index (χ3v) is 4.97. The van der Waals surface area contributed by atoms with Crippen LogP contribution in [0, 0.1) is 5.92 Å². The predicted octanol–water partition coefficient (Wildman–Crippen LogP) is 5.96. The standard InChI is InChI=1S/C19H23Cl/c20-18(13-15-7-2-1-3-8-15)14-17-11-6-10-16-9-4-5-12-19(16)17/h4-6,9-12,15,18H,1-3,7-8,13-14H2. The smallest absolute Gasteiger partial charge is 0.0379 e. The van der Waals surface area contributed by atoms with Gasteiger partial charge in [-0.15, -0.1) is 11.6 Å². The minimum atomic E-state index is 0.281. The quantitative estimate of drug-likeness (QED) is 0.608. The van der Waals surface area contributed by atoms with Crippen molar-refractivity contribution < 1.29 is 0 Å². The second-order valence-corrected chi connectivity index (χ2v) is 6.80. The average molecular weight is 287 g/mol. The fourth-order valence-electron chi connectivity index (χ4n) is 3.58. The Balaban J connectivity index is 1.69. The van der Waals surface area contributed by atoms with Gasteiger partial charge in [0, 0.05) is 5.38 Å². The van der Waals surface area contributed by atoms with E-state index < -0.39 is 0 Å². The van der Waals surface area contributed by atoms with Crippen molar-refractivity contribution in [3.05, 3.63) is 48.0 Å². The van der Waals surface area contributed by atoms with Crippen molar-refractivity contribution in [1.29, 1.82) is 0 Å². The topological polar surface area (TPSA) is 0 Å². The van der Waals surface area contributed by atoms with Gasteiger partial charge in [-0.3, -0.25) is 0 Å². The number of benzene rings is 2. The highest BCUT2D eigenvalue weighted by Crippen LogP contribution is 2.30. The number of hydrogen-bond acceptors (Lipinski definition) is 0. The minimum absolute atomic E-state index is 0.281. The number of fused-ring (bicyclic) bond motifs is 1. The molecule has 0 N–H and O–H groups in total. The van der Waals surface area contributed by atoms with E-state index in [0.29, 0.717) is 0 Å². The maximum Gasteiger partial charge on any atom is 0.0379 e. The molecule has 0 aromatic heterocycles. The van der Waals surface area contributed by atoms with Crippen LogP contribution in [-0.4, -0.2) is 5.38 Å². The van der Waals surface area contributed by atoms with E-state index in [4.69, 9.17) is 11.6 Å². The Morgan fingerprint density at radius 3 is 2.55 bits per heavy atom. The second kappa shape index (κ2) is 6.63. The van der Waals surface area contributed by atoms with E-state index in [1.54, 1.807) is 0 Å². The van der Waals surface area contributed by atoms with Crippen LogP contribution in [0.4, 0.5) is 0 Å². The normalized spacial score (nSPS) is 18.2. The maximum absolute atomic E-state index is 6.65. The fourth-order valence-corrected chi connectivity index (χ4v) is 4.00. The minimum Gasteiger partial charge on any atom is -0.123 e. The van der Waals surface area contributed by atoms with Crippen LogP contribution < -0.4 is 0 Å². The molecule has 20 heavy (non-hydrogen) atoms. The SMILES string of the molecule is ClC(Cc1cccc2ccccc12)CC1CCCCC1. The number of halogens is 1. The van der Waals surface area contributed by atoms with Crippen molar-refractivity contribution in [1.82, 2.24) is 0 Å². The first-order valence-electron chi connectivity index (χ1n) is 7.93. The van der Waals surface area contributed by atoms with E-state index in [-0.39, 0.29) is 5.38 Å². The van der Waals surface area contributed by atoms with E-state index in [2.05, 4.69) is 42.5 Å². The third-order valence-electron chi connectivity index (χ3n) is 4.64. The van der Waals surface area contributed by atoms with Gasteiger partial charge in [0.05, 0.1) is 0 Å². The zero-order chi connectivity index (χ0) is 13.8. The van der Waals surface area contributed by atoms with Crippen LogP contribution in [-0.2, 0) is 6.42 Å². The molecule has 106 valence electrons. The van der Waals surface area contributed by atoms with Crippen molar-refractivity contribution in [3.8, 4) is 0 Å². The van der Waals surface area contributed by atoms with Gasteiger partial charge in [-0.1, -0.05) is 74.6 Å². The van der Waals surface area contributed by atoms with Gasteiger partial charge in [0.1, 0.15) is 0 Å². The molecule has 0 nitrogen and oxygen atoms in total. The zero-order valence-electron chi connectivity index (χ0n) is 12.0. The Morgan fingerprint density at radius 1 is 0.950 bits per heavy atom. The van der Waals surface area contributed by atoms with E-state index in [1.807, 2.05) is 0 Å². The van der Waals surface area contributed by atoms with Gasteiger partial charge < -0.3 is 0 Å². The molecule has 2 aromatic carbocycles. The molecule has 0 radical (unpaired) electrons. The number of rotatable bonds is 4. The Kier molecular flexibility index (Phi) is 4.62. The van der Waals surface area contributed by atoms with Gasteiger partial charge in [-0.05, 0) is 35.1 Å². The molecule has 1 unspecified atom stereocenters. The van der Waals surface area contributed by atoms with E-state index in [9.17, 15) is 0 Å². The Hall–Kier alpha value is -1.01. The zero-order valence-corrected chi connectivity index (χ0v) is 12.8. The van der Waals surface area contributed by atoms with Crippen molar-refractivity contribution in [2.24, 2.45) is 5.92 Å². The molecule has 1 aliphatic carbocycles. The van der Waals surface area contributed by atoms with E-state index >= 15 is 0 Å². The second-order valence-electron chi connectivity index (χ2n) is 6.18. The summed E-state index contributed by atoms with van der Waals surface area (Å²) in [5, 5.41) is 2.97. The van der Waals surface area contributed by atoms with Crippen LogP contribution >= 0.6 is 11.6 Å². The Bertz CT molecular complexity index is 549. The summed E-state index contributed by atoms with van der Waals surface area (Å²) in [6.45, 7) is 0. The largest absolute Gasteiger partial charge is 0.123 e. The molecule has 0 heterocycles. The molecular formula is C19H23Cl. The summed E-state index contributed by atoms with van der Waals surface area (Å²) in [6.07, 6.45) is 9.19. The van der Waals surface area contributed by atoms with Gasteiger partial charge in [0.2, 0.25) is 0 Å². The summed E-state index contributed by atoms with van der Waals surface area (Å²) < 4.78 is 0. The lowest BCUT2D eigenvalue weighted by molar-refractivity contribution is 0.334. The third kappa shape index (κ3) is 3.35. The predicted molar refractivity (Wildman–Crippen MR) is 88.5 cm³/mol. The lowest BCUT2D eigenvalue weighted by Crippen LogP contribution is -2.14. The summed E-state index contributed by atoms with van der Waals surface area (Å²) in [5.41, 5.74) is 1.40. The van der Waals surface area contributed by atoms with E-state index in [0.717, 1.165) is 12.3 Å². The summed E-state index contributed by atoms with van der Waals surface area (Å²) in [7, 11) is 0. The lowest BCUT2D eigenvalue weighted by Gasteiger charge is -2.24.